The molecule has 23 heavy (non-hydrogen) atoms. The fourth-order valence-electron chi connectivity index (χ4n) is 3.39. The largest absolute Gasteiger partial charge is 0.352 e. The van der Waals surface area contributed by atoms with E-state index in [1.54, 1.807) is 6.20 Å². The fraction of sp³-hybridized carbons (Fsp3) is 0.778. The molecule has 1 N–H and O–H groups in total. The van der Waals surface area contributed by atoms with Gasteiger partial charge in [-0.1, -0.05) is 13.8 Å². The summed E-state index contributed by atoms with van der Waals surface area (Å²) in [6, 6.07) is 0. The summed E-state index contributed by atoms with van der Waals surface area (Å²) in [5, 5.41) is 7.28. The Balaban J connectivity index is 1.72. The van der Waals surface area contributed by atoms with E-state index >= 15 is 0 Å². The van der Waals surface area contributed by atoms with Gasteiger partial charge < -0.3 is 10.2 Å². The van der Waals surface area contributed by atoms with Crippen LogP contribution >= 0.6 is 0 Å². The zero-order chi connectivity index (χ0) is 17.0. The maximum absolute atomic E-state index is 12.2. The molecule has 0 saturated carbocycles. The molecule has 1 aliphatic heterocycles. The average Bonchev–Trinajstić information content (AvgIpc) is 2.92. The Labute approximate surface area is 140 Å². The van der Waals surface area contributed by atoms with Gasteiger partial charge >= 0.3 is 0 Å². The molecule has 0 aromatic carbocycles. The molecule has 1 amide bonds. The number of carbonyl (C=O) groups is 1. The normalized spacial score (nSPS) is 23.0. The van der Waals surface area contributed by atoms with Crippen LogP contribution in [0.25, 0.3) is 0 Å². The highest BCUT2D eigenvalue weighted by Crippen LogP contribution is 2.20. The van der Waals surface area contributed by atoms with Gasteiger partial charge in [0.15, 0.2) is 0 Å². The van der Waals surface area contributed by atoms with Crippen molar-refractivity contribution >= 4 is 5.91 Å². The molecule has 2 rings (SSSR count). The summed E-state index contributed by atoms with van der Waals surface area (Å²) in [5.74, 6) is 1.55. The first-order valence-electron chi connectivity index (χ1n) is 8.81. The lowest BCUT2D eigenvalue weighted by Gasteiger charge is -2.34. The van der Waals surface area contributed by atoms with Crippen LogP contribution in [0.4, 0.5) is 0 Å². The molecule has 1 aromatic rings. The number of amides is 1. The number of piperidine rings is 1. The van der Waals surface area contributed by atoms with Gasteiger partial charge in [0.2, 0.25) is 0 Å². The van der Waals surface area contributed by atoms with Crippen molar-refractivity contribution in [2.45, 2.75) is 53.0 Å². The number of aromatic nitrogens is 2. The van der Waals surface area contributed by atoms with Crippen molar-refractivity contribution in [2.24, 2.45) is 11.8 Å². The minimum atomic E-state index is -0.0970. The molecule has 2 atom stereocenters. The second kappa shape index (κ2) is 7.47. The Kier molecular flexibility index (Phi) is 5.84. The molecule has 0 bridgehead atoms. The van der Waals surface area contributed by atoms with E-state index in [-0.39, 0.29) is 11.4 Å². The molecular formula is C18H32N4O. The minimum Gasteiger partial charge on any atom is -0.352 e. The van der Waals surface area contributed by atoms with Crippen LogP contribution < -0.4 is 5.32 Å². The summed E-state index contributed by atoms with van der Waals surface area (Å²) in [6.45, 7) is 15.0. The van der Waals surface area contributed by atoms with Gasteiger partial charge in [-0.3, -0.25) is 9.48 Å². The number of nitrogens with one attached hydrogen (secondary N) is 1. The third-order valence-corrected chi connectivity index (χ3v) is 4.41. The molecule has 1 fully saturated rings. The Bertz CT molecular complexity index is 507. The smallest absolute Gasteiger partial charge is 0.254 e. The zero-order valence-corrected chi connectivity index (χ0v) is 15.3. The first-order valence-corrected chi connectivity index (χ1v) is 8.81. The molecule has 5 heteroatoms. The quantitative estimate of drug-likeness (QED) is 0.849. The Morgan fingerprint density at radius 2 is 1.96 bits per heavy atom. The Hall–Kier alpha value is -1.36. The van der Waals surface area contributed by atoms with E-state index in [1.165, 1.54) is 19.5 Å². The van der Waals surface area contributed by atoms with Crippen LogP contribution in [-0.2, 0) is 5.54 Å². The van der Waals surface area contributed by atoms with Gasteiger partial charge in [0, 0.05) is 25.8 Å². The fourth-order valence-corrected chi connectivity index (χ4v) is 3.39. The number of rotatable bonds is 5. The molecule has 0 radical (unpaired) electrons. The first kappa shape index (κ1) is 18.0. The third-order valence-electron chi connectivity index (χ3n) is 4.41. The lowest BCUT2D eigenvalue weighted by atomic mass is 9.92. The molecule has 0 spiro atoms. The minimum absolute atomic E-state index is 0.0270. The van der Waals surface area contributed by atoms with Crippen molar-refractivity contribution < 1.29 is 4.79 Å². The predicted molar refractivity (Wildman–Crippen MR) is 93.6 cm³/mol. The Morgan fingerprint density at radius 1 is 1.30 bits per heavy atom. The summed E-state index contributed by atoms with van der Waals surface area (Å²) in [7, 11) is 0. The highest BCUT2D eigenvalue weighted by atomic mass is 16.1. The molecule has 1 saturated heterocycles. The van der Waals surface area contributed by atoms with Gasteiger partial charge in [0.05, 0.1) is 17.3 Å². The summed E-state index contributed by atoms with van der Waals surface area (Å²) in [4.78, 5) is 14.7. The molecule has 1 aromatic heterocycles. The van der Waals surface area contributed by atoms with E-state index in [9.17, 15) is 4.79 Å². The lowest BCUT2D eigenvalue weighted by Crippen LogP contribution is -2.40. The van der Waals surface area contributed by atoms with Crippen molar-refractivity contribution in [2.75, 3.05) is 26.2 Å². The number of hydrogen-bond acceptors (Lipinski definition) is 3. The van der Waals surface area contributed by atoms with E-state index in [1.807, 2.05) is 10.9 Å². The summed E-state index contributed by atoms with van der Waals surface area (Å²) in [6.07, 6.45) is 5.81. The third kappa shape index (κ3) is 5.34. The monoisotopic (exact) mass is 320 g/mol. The number of likely N-dealkylation sites (tertiary alicyclic amines) is 1. The van der Waals surface area contributed by atoms with Gasteiger partial charge in [-0.25, -0.2) is 0 Å². The van der Waals surface area contributed by atoms with Crippen LogP contribution in [-0.4, -0.2) is 46.8 Å². The van der Waals surface area contributed by atoms with E-state index in [2.05, 4.69) is 49.9 Å². The van der Waals surface area contributed by atoms with Crippen molar-refractivity contribution in [3.63, 3.8) is 0 Å². The lowest BCUT2D eigenvalue weighted by molar-refractivity contribution is 0.0947. The highest BCUT2D eigenvalue weighted by Gasteiger charge is 2.21. The van der Waals surface area contributed by atoms with Gasteiger partial charge in [-0.2, -0.15) is 5.10 Å². The van der Waals surface area contributed by atoms with Crippen molar-refractivity contribution in [1.29, 1.82) is 0 Å². The van der Waals surface area contributed by atoms with Crippen molar-refractivity contribution in [3.8, 4) is 0 Å². The van der Waals surface area contributed by atoms with Crippen molar-refractivity contribution in [3.05, 3.63) is 18.0 Å². The van der Waals surface area contributed by atoms with Crippen LogP contribution in [0, 0.1) is 11.8 Å². The van der Waals surface area contributed by atoms with Crippen LogP contribution in [0.1, 0.15) is 57.8 Å². The predicted octanol–water partition coefficient (Wildman–Crippen LogP) is 2.74. The van der Waals surface area contributed by atoms with E-state index in [0.29, 0.717) is 5.56 Å². The second-order valence-corrected chi connectivity index (χ2v) is 8.16. The zero-order valence-electron chi connectivity index (χ0n) is 15.3. The Morgan fingerprint density at radius 3 is 2.52 bits per heavy atom. The molecule has 0 unspecified atom stereocenters. The van der Waals surface area contributed by atoms with Gasteiger partial charge in [-0.15, -0.1) is 0 Å². The van der Waals surface area contributed by atoms with Crippen LogP contribution in [0.5, 0.6) is 0 Å². The van der Waals surface area contributed by atoms with Crippen LogP contribution in [0.2, 0.25) is 0 Å². The molecule has 5 nitrogen and oxygen atoms in total. The van der Waals surface area contributed by atoms with E-state index < -0.39 is 0 Å². The second-order valence-electron chi connectivity index (χ2n) is 8.16. The number of nitrogens with zero attached hydrogens (tertiary/aromatic N) is 3. The maximum atomic E-state index is 12.2. The molecular weight excluding hydrogens is 288 g/mol. The first-order chi connectivity index (χ1) is 10.8. The SMILES string of the molecule is C[C@H]1C[C@H](C)CN(CCCNC(=O)c2cnn(C(C)(C)C)c2)C1. The maximum Gasteiger partial charge on any atom is 0.254 e. The van der Waals surface area contributed by atoms with Gasteiger partial charge in [-0.05, 0) is 52.0 Å². The summed E-state index contributed by atoms with van der Waals surface area (Å²) < 4.78 is 1.83. The summed E-state index contributed by atoms with van der Waals surface area (Å²) in [5.41, 5.74) is 0.542. The van der Waals surface area contributed by atoms with Gasteiger partial charge in [0.25, 0.3) is 5.91 Å². The summed E-state index contributed by atoms with van der Waals surface area (Å²) >= 11 is 0. The topological polar surface area (TPSA) is 50.2 Å². The highest BCUT2D eigenvalue weighted by molar-refractivity contribution is 5.93. The molecule has 130 valence electrons. The van der Waals surface area contributed by atoms with Crippen LogP contribution in [0.15, 0.2) is 12.4 Å². The van der Waals surface area contributed by atoms with Crippen LogP contribution in [0.3, 0.4) is 0 Å². The van der Waals surface area contributed by atoms with Gasteiger partial charge in [0.1, 0.15) is 0 Å². The van der Waals surface area contributed by atoms with E-state index in [4.69, 9.17) is 0 Å². The molecule has 0 aliphatic carbocycles. The van der Waals surface area contributed by atoms with Crippen molar-refractivity contribution in [1.82, 2.24) is 20.0 Å². The molecule has 1 aliphatic rings. The molecule has 2 heterocycles. The average molecular weight is 320 g/mol. The number of hydrogen-bond donors (Lipinski definition) is 1. The van der Waals surface area contributed by atoms with E-state index in [0.717, 1.165) is 31.3 Å². The standard InChI is InChI=1S/C18H32N4O/c1-14-9-15(2)12-21(11-14)8-6-7-19-17(23)16-10-20-22(13-16)18(3,4)5/h10,13-15H,6-9,11-12H2,1-5H3,(H,19,23)/t14-,15-/m0/s1. The number of carbonyl (C=O) groups excluding carboxylic acids is 1.